The van der Waals surface area contributed by atoms with Gasteiger partial charge in [-0.15, -0.1) is 0 Å². The van der Waals surface area contributed by atoms with E-state index in [1.54, 1.807) is 24.3 Å². The molecule has 0 heterocycles. The molecule has 0 aromatic heterocycles. The fourth-order valence-electron chi connectivity index (χ4n) is 1.32. The summed E-state index contributed by atoms with van der Waals surface area (Å²) >= 11 is 0. The Morgan fingerprint density at radius 2 is 1.94 bits per heavy atom. The van der Waals surface area contributed by atoms with E-state index in [9.17, 15) is 13.2 Å². The van der Waals surface area contributed by atoms with Crippen molar-refractivity contribution < 1.29 is 13.2 Å². The SMILES string of the molecule is CCNCC(=O)Nc1cccc(NS(C)(=O)=O)c1. The number of carbonyl (C=O) groups is 1. The van der Waals surface area contributed by atoms with Crippen LogP contribution in [0.3, 0.4) is 0 Å². The smallest absolute Gasteiger partial charge is 0.238 e. The lowest BCUT2D eigenvalue weighted by Crippen LogP contribution is -2.27. The van der Waals surface area contributed by atoms with E-state index in [1.807, 2.05) is 6.92 Å². The number of hydrogen-bond donors (Lipinski definition) is 3. The summed E-state index contributed by atoms with van der Waals surface area (Å²) < 4.78 is 24.5. The van der Waals surface area contributed by atoms with Gasteiger partial charge < -0.3 is 10.6 Å². The van der Waals surface area contributed by atoms with Gasteiger partial charge in [0.15, 0.2) is 0 Å². The topological polar surface area (TPSA) is 87.3 Å². The van der Waals surface area contributed by atoms with Crippen molar-refractivity contribution in [2.24, 2.45) is 0 Å². The van der Waals surface area contributed by atoms with Crippen LogP contribution in [0.25, 0.3) is 0 Å². The molecule has 0 bridgehead atoms. The zero-order chi connectivity index (χ0) is 13.6. The van der Waals surface area contributed by atoms with Crippen LogP contribution in [0.1, 0.15) is 6.92 Å². The molecule has 1 aromatic carbocycles. The second-order valence-electron chi connectivity index (χ2n) is 3.78. The monoisotopic (exact) mass is 271 g/mol. The van der Waals surface area contributed by atoms with Crippen molar-refractivity contribution in [1.29, 1.82) is 0 Å². The molecular weight excluding hydrogens is 254 g/mol. The highest BCUT2D eigenvalue weighted by atomic mass is 32.2. The van der Waals surface area contributed by atoms with Crippen LogP contribution in [0.2, 0.25) is 0 Å². The third-order valence-electron chi connectivity index (χ3n) is 1.99. The zero-order valence-corrected chi connectivity index (χ0v) is 11.2. The molecule has 18 heavy (non-hydrogen) atoms. The van der Waals surface area contributed by atoms with Gasteiger partial charge in [-0.2, -0.15) is 0 Å². The van der Waals surface area contributed by atoms with Crippen molar-refractivity contribution in [1.82, 2.24) is 5.32 Å². The van der Waals surface area contributed by atoms with Crippen molar-refractivity contribution in [2.75, 3.05) is 29.4 Å². The van der Waals surface area contributed by atoms with Gasteiger partial charge in [-0.3, -0.25) is 9.52 Å². The average molecular weight is 271 g/mol. The lowest BCUT2D eigenvalue weighted by Gasteiger charge is -2.08. The molecule has 3 N–H and O–H groups in total. The maximum atomic E-state index is 11.5. The minimum Gasteiger partial charge on any atom is -0.325 e. The van der Waals surface area contributed by atoms with E-state index in [2.05, 4.69) is 15.4 Å². The van der Waals surface area contributed by atoms with Gasteiger partial charge in [0.1, 0.15) is 0 Å². The largest absolute Gasteiger partial charge is 0.325 e. The minimum absolute atomic E-state index is 0.173. The summed E-state index contributed by atoms with van der Waals surface area (Å²) in [6.07, 6.45) is 1.07. The Morgan fingerprint density at radius 1 is 1.28 bits per heavy atom. The van der Waals surface area contributed by atoms with Gasteiger partial charge in [0.2, 0.25) is 15.9 Å². The van der Waals surface area contributed by atoms with E-state index in [1.165, 1.54) is 0 Å². The summed E-state index contributed by atoms with van der Waals surface area (Å²) in [5.41, 5.74) is 0.963. The summed E-state index contributed by atoms with van der Waals surface area (Å²) in [4.78, 5) is 11.5. The second kappa shape index (κ2) is 6.36. The van der Waals surface area contributed by atoms with Crippen LogP contribution in [0.5, 0.6) is 0 Å². The molecule has 100 valence electrons. The number of rotatable bonds is 6. The number of hydrogen-bond acceptors (Lipinski definition) is 4. The standard InChI is InChI=1S/C11H17N3O3S/c1-3-12-8-11(15)13-9-5-4-6-10(7-9)14-18(2,16)17/h4-7,12,14H,3,8H2,1-2H3,(H,13,15). The number of likely N-dealkylation sites (N-methyl/N-ethyl adjacent to an activating group) is 1. The first kappa shape index (κ1) is 14.5. The van der Waals surface area contributed by atoms with Crippen LogP contribution in [-0.4, -0.2) is 33.7 Å². The van der Waals surface area contributed by atoms with Gasteiger partial charge in [0.05, 0.1) is 18.5 Å². The van der Waals surface area contributed by atoms with Crippen molar-refractivity contribution >= 4 is 27.3 Å². The van der Waals surface area contributed by atoms with Gasteiger partial charge in [0.25, 0.3) is 0 Å². The summed E-state index contributed by atoms with van der Waals surface area (Å²) in [5.74, 6) is -0.173. The second-order valence-corrected chi connectivity index (χ2v) is 5.53. The number of carbonyl (C=O) groups excluding carboxylic acids is 1. The van der Waals surface area contributed by atoms with Gasteiger partial charge in [-0.25, -0.2) is 8.42 Å². The molecule has 0 saturated carbocycles. The maximum Gasteiger partial charge on any atom is 0.238 e. The Labute approximate surface area is 107 Å². The number of sulfonamides is 1. The molecule has 0 spiro atoms. The Hall–Kier alpha value is -1.60. The highest BCUT2D eigenvalue weighted by molar-refractivity contribution is 7.92. The van der Waals surface area contributed by atoms with E-state index in [0.29, 0.717) is 17.9 Å². The maximum absolute atomic E-state index is 11.5. The average Bonchev–Trinajstić information content (AvgIpc) is 2.24. The molecule has 7 heteroatoms. The fourth-order valence-corrected chi connectivity index (χ4v) is 1.87. The Morgan fingerprint density at radius 3 is 2.56 bits per heavy atom. The van der Waals surface area contributed by atoms with Gasteiger partial charge in [-0.1, -0.05) is 13.0 Å². The molecule has 0 unspecified atom stereocenters. The molecule has 6 nitrogen and oxygen atoms in total. The molecule has 0 aliphatic rings. The Bertz CT molecular complexity index is 514. The first-order chi connectivity index (χ1) is 8.40. The first-order valence-electron chi connectivity index (χ1n) is 5.49. The fraction of sp³-hybridized carbons (Fsp3) is 0.364. The zero-order valence-electron chi connectivity index (χ0n) is 10.4. The van der Waals surface area contributed by atoms with Crippen molar-refractivity contribution in [3.05, 3.63) is 24.3 Å². The molecule has 1 aromatic rings. The highest BCUT2D eigenvalue weighted by Crippen LogP contribution is 2.15. The molecule has 0 atom stereocenters. The first-order valence-corrected chi connectivity index (χ1v) is 7.38. The molecule has 0 aliphatic heterocycles. The Balaban J connectivity index is 2.68. The molecule has 1 amide bonds. The normalized spacial score (nSPS) is 11.0. The summed E-state index contributed by atoms with van der Waals surface area (Å²) in [5, 5.41) is 5.56. The number of benzene rings is 1. The van der Waals surface area contributed by atoms with E-state index in [0.717, 1.165) is 6.26 Å². The van der Waals surface area contributed by atoms with E-state index >= 15 is 0 Å². The third-order valence-corrected chi connectivity index (χ3v) is 2.59. The molecular formula is C11H17N3O3S. The molecule has 1 rings (SSSR count). The molecule has 0 aliphatic carbocycles. The third kappa shape index (κ3) is 5.65. The predicted octanol–water partition coefficient (Wildman–Crippen LogP) is 0.606. The number of anilines is 2. The van der Waals surface area contributed by atoms with Crippen LogP contribution in [0, 0.1) is 0 Å². The predicted molar refractivity (Wildman–Crippen MR) is 72.1 cm³/mol. The van der Waals surface area contributed by atoms with Crippen LogP contribution in [0.4, 0.5) is 11.4 Å². The van der Waals surface area contributed by atoms with Crippen molar-refractivity contribution in [3.8, 4) is 0 Å². The van der Waals surface area contributed by atoms with Crippen LogP contribution in [0.15, 0.2) is 24.3 Å². The van der Waals surface area contributed by atoms with Gasteiger partial charge in [-0.05, 0) is 24.7 Å². The molecule has 0 saturated heterocycles. The minimum atomic E-state index is -3.31. The van der Waals surface area contributed by atoms with Gasteiger partial charge in [0, 0.05) is 5.69 Å². The summed E-state index contributed by atoms with van der Waals surface area (Å²) in [7, 11) is -3.31. The van der Waals surface area contributed by atoms with Crippen molar-refractivity contribution in [3.63, 3.8) is 0 Å². The van der Waals surface area contributed by atoms with E-state index in [4.69, 9.17) is 0 Å². The summed E-state index contributed by atoms with van der Waals surface area (Å²) in [6, 6.07) is 6.53. The van der Waals surface area contributed by atoms with Gasteiger partial charge >= 0.3 is 0 Å². The van der Waals surface area contributed by atoms with Crippen LogP contribution >= 0.6 is 0 Å². The van der Waals surface area contributed by atoms with Crippen LogP contribution in [-0.2, 0) is 14.8 Å². The van der Waals surface area contributed by atoms with E-state index in [-0.39, 0.29) is 12.5 Å². The van der Waals surface area contributed by atoms with Crippen LogP contribution < -0.4 is 15.4 Å². The van der Waals surface area contributed by atoms with E-state index < -0.39 is 10.0 Å². The number of nitrogens with one attached hydrogen (secondary N) is 3. The Kier molecular flexibility index (Phi) is 5.11. The highest BCUT2D eigenvalue weighted by Gasteiger charge is 2.04. The quantitative estimate of drug-likeness (QED) is 0.707. The summed E-state index contributed by atoms with van der Waals surface area (Å²) in [6.45, 7) is 2.84. The lowest BCUT2D eigenvalue weighted by molar-refractivity contribution is -0.115. The van der Waals surface area contributed by atoms with Crippen molar-refractivity contribution in [2.45, 2.75) is 6.92 Å². The number of amides is 1. The molecule has 0 radical (unpaired) electrons. The molecule has 0 fully saturated rings. The lowest BCUT2D eigenvalue weighted by atomic mass is 10.3.